The number of aliphatic carboxylic acids is 2. The van der Waals surface area contributed by atoms with Crippen LogP contribution in [0.4, 0.5) is 11.6 Å². The van der Waals surface area contributed by atoms with Gasteiger partial charge >= 0.3 is 11.9 Å². The van der Waals surface area contributed by atoms with Gasteiger partial charge in [0.25, 0.3) is 11.5 Å². The topological polar surface area (TPSA) is 213 Å². The van der Waals surface area contributed by atoms with E-state index in [9.17, 15) is 19.2 Å². The van der Waals surface area contributed by atoms with E-state index >= 15 is 0 Å². The van der Waals surface area contributed by atoms with Gasteiger partial charge in [0, 0.05) is 34.7 Å². The fraction of sp³-hybridized carbons (Fsp3) is 0.211. The number of H-pyrrole nitrogens is 1. The van der Waals surface area contributed by atoms with Crippen LogP contribution in [0.25, 0.3) is 11.2 Å². The number of nitrogen functional groups attached to an aromatic ring is 1. The smallest absolute Gasteiger partial charge is 0.326 e. The summed E-state index contributed by atoms with van der Waals surface area (Å²) in [4.78, 5) is 60.6. The van der Waals surface area contributed by atoms with E-state index in [2.05, 4.69) is 30.6 Å². The Hall–Kier alpha value is -4.03. The number of carboxylic acids is 2. The van der Waals surface area contributed by atoms with Gasteiger partial charge in [0.2, 0.25) is 5.95 Å². The maximum atomic E-state index is 12.3. The number of carbonyl (C=O) groups excluding carboxylic acids is 1. The zero-order valence-corrected chi connectivity index (χ0v) is 18.0. The van der Waals surface area contributed by atoms with Crippen molar-refractivity contribution < 1.29 is 41.7 Å². The van der Waals surface area contributed by atoms with Crippen molar-refractivity contribution in [1.29, 1.82) is 0 Å². The Kier molecular flexibility index (Phi) is 8.42. The molecule has 1 amide bonds. The second-order valence-corrected chi connectivity index (χ2v) is 6.71. The van der Waals surface area contributed by atoms with E-state index in [-0.39, 0.29) is 59.1 Å². The molecule has 3 aromatic rings. The number of carboxylic acid groups (broad SMARTS) is 2. The number of aromatic amines is 1. The monoisotopic (exact) mass is 497 g/mol. The largest absolute Gasteiger partial charge is 0.481 e. The number of amides is 1. The van der Waals surface area contributed by atoms with E-state index < -0.39 is 29.4 Å². The van der Waals surface area contributed by atoms with Gasteiger partial charge in [-0.25, -0.2) is 14.8 Å². The Balaban J connectivity index is 0.00000385. The van der Waals surface area contributed by atoms with Gasteiger partial charge in [-0.3, -0.25) is 19.4 Å². The summed E-state index contributed by atoms with van der Waals surface area (Å²) in [6.45, 7) is 0.231. The standard InChI is InChI=1S/C19H19N7O6.Fe/c20-19-25-15-14(17(30)26-19)23-11(8-22-15)7-21-10-3-1-9(2-4-10)16(29)24-12(18(31)32)5-6-13(27)28;/h1-4,8,12,21H,5-7H2,(H,24,29)(H,27,28)(H,31,32)(H3,20,22,25,26,30);. The van der Waals surface area contributed by atoms with Crippen LogP contribution < -0.4 is 21.9 Å². The van der Waals surface area contributed by atoms with Crippen molar-refractivity contribution in [3.8, 4) is 0 Å². The van der Waals surface area contributed by atoms with Crippen LogP contribution in [-0.2, 0) is 33.2 Å². The van der Waals surface area contributed by atoms with Crippen LogP contribution in [0.15, 0.2) is 35.3 Å². The van der Waals surface area contributed by atoms with Crippen LogP contribution in [0.2, 0.25) is 0 Å². The average Bonchev–Trinajstić information content (AvgIpc) is 2.75. The van der Waals surface area contributed by atoms with Crippen molar-refractivity contribution in [3.63, 3.8) is 0 Å². The molecule has 0 radical (unpaired) electrons. The number of hydrogen-bond donors (Lipinski definition) is 6. The SMILES string of the molecule is Nc1nc2ncc(CNc3ccc(C(=O)NC(CCC(=O)O)C(=O)O)cc3)nc2c(=O)[nH]1.[Fe]. The first-order chi connectivity index (χ1) is 15.2. The normalized spacial score (nSPS) is 11.3. The molecule has 2 heterocycles. The van der Waals surface area contributed by atoms with Gasteiger partial charge in [-0.1, -0.05) is 0 Å². The van der Waals surface area contributed by atoms with E-state index in [1.807, 2.05) is 0 Å². The van der Waals surface area contributed by atoms with Gasteiger partial charge in [-0.15, -0.1) is 0 Å². The molecule has 13 nitrogen and oxygen atoms in total. The van der Waals surface area contributed by atoms with Crippen molar-refractivity contribution in [2.75, 3.05) is 11.1 Å². The molecule has 0 aliphatic carbocycles. The minimum Gasteiger partial charge on any atom is -0.481 e. The molecule has 0 aliphatic heterocycles. The predicted octanol–water partition coefficient (Wildman–Crippen LogP) is -0.0473. The number of anilines is 2. The van der Waals surface area contributed by atoms with Gasteiger partial charge in [0.15, 0.2) is 11.2 Å². The Morgan fingerprint density at radius 1 is 1.12 bits per heavy atom. The molecule has 33 heavy (non-hydrogen) atoms. The summed E-state index contributed by atoms with van der Waals surface area (Å²) in [7, 11) is 0. The third kappa shape index (κ3) is 6.72. The van der Waals surface area contributed by atoms with Gasteiger partial charge in [0.05, 0.1) is 18.4 Å². The maximum absolute atomic E-state index is 12.3. The van der Waals surface area contributed by atoms with E-state index in [1.54, 1.807) is 12.1 Å². The number of aromatic nitrogens is 4. The first-order valence-corrected chi connectivity index (χ1v) is 9.33. The van der Waals surface area contributed by atoms with Crippen LogP contribution in [0.3, 0.4) is 0 Å². The van der Waals surface area contributed by atoms with Crippen LogP contribution in [-0.4, -0.2) is 54.0 Å². The fourth-order valence-electron chi connectivity index (χ4n) is 2.75. The first kappa shape index (κ1) is 25.2. The molecule has 3 rings (SSSR count). The Labute approximate surface area is 196 Å². The third-order valence-electron chi connectivity index (χ3n) is 4.36. The van der Waals surface area contributed by atoms with Crippen molar-refractivity contribution in [2.24, 2.45) is 0 Å². The molecule has 14 heteroatoms. The molecule has 0 fully saturated rings. The molecule has 7 N–H and O–H groups in total. The van der Waals surface area contributed by atoms with E-state index in [0.717, 1.165) is 0 Å². The maximum Gasteiger partial charge on any atom is 0.326 e. The van der Waals surface area contributed by atoms with Crippen molar-refractivity contribution in [2.45, 2.75) is 25.4 Å². The summed E-state index contributed by atoms with van der Waals surface area (Å²) in [6.07, 6.45) is 0.840. The molecule has 2 aromatic heterocycles. The average molecular weight is 497 g/mol. The summed E-state index contributed by atoms with van der Waals surface area (Å²) in [5.41, 5.74) is 6.47. The summed E-state index contributed by atoms with van der Waals surface area (Å²) >= 11 is 0. The van der Waals surface area contributed by atoms with Crippen molar-refractivity contribution in [1.82, 2.24) is 25.3 Å². The Bertz CT molecular complexity index is 1230. The molecular formula is C19H19FeN7O6. The Morgan fingerprint density at radius 3 is 2.45 bits per heavy atom. The number of rotatable bonds is 9. The molecule has 0 bridgehead atoms. The third-order valence-corrected chi connectivity index (χ3v) is 4.36. The zero-order valence-electron chi connectivity index (χ0n) is 16.9. The molecule has 0 saturated carbocycles. The number of nitrogens with zero attached hydrogens (tertiary/aromatic N) is 3. The quantitative estimate of drug-likeness (QED) is 0.216. The number of nitrogens with two attached hydrogens (primary N) is 1. The van der Waals surface area contributed by atoms with Gasteiger partial charge < -0.3 is 26.6 Å². The van der Waals surface area contributed by atoms with Crippen LogP contribution in [0.5, 0.6) is 0 Å². The second-order valence-electron chi connectivity index (χ2n) is 6.71. The van der Waals surface area contributed by atoms with Crippen LogP contribution in [0.1, 0.15) is 28.9 Å². The summed E-state index contributed by atoms with van der Waals surface area (Å²) < 4.78 is 0. The molecule has 1 atom stereocenters. The number of hydrogen-bond acceptors (Lipinski definition) is 9. The minimum atomic E-state index is -1.31. The summed E-state index contributed by atoms with van der Waals surface area (Å²) in [5, 5.41) is 23.2. The first-order valence-electron chi connectivity index (χ1n) is 9.33. The fourth-order valence-corrected chi connectivity index (χ4v) is 2.75. The van der Waals surface area contributed by atoms with E-state index in [1.165, 1.54) is 18.3 Å². The molecule has 0 aliphatic rings. The number of nitrogens with one attached hydrogen (secondary N) is 3. The molecule has 1 unspecified atom stereocenters. The molecule has 174 valence electrons. The van der Waals surface area contributed by atoms with E-state index in [0.29, 0.717) is 11.4 Å². The molecule has 0 saturated heterocycles. The van der Waals surface area contributed by atoms with Gasteiger partial charge in [-0.05, 0) is 30.7 Å². The van der Waals surface area contributed by atoms with Gasteiger partial charge in [0.1, 0.15) is 6.04 Å². The summed E-state index contributed by atoms with van der Waals surface area (Å²) in [6, 6.07) is 4.86. The van der Waals surface area contributed by atoms with Crippen LogP contribution >= 0.6 is 0 Å². The number of fused-ring (bicyclic) bond motifs is 1. The van der Waals surface area contributed by atoms with Crippen molar-refractivity contribution in [3.05, 3.63) is 52.1 Å². The molecule has 1 aromatic carbocycles. The molecular weight excluding hydrogens is 478 g/mol. The summed E-state index contributed by atoms with van der Waals surface area (Å²) in [5.74, 6) is -3.16. The Morgan fingerprint density at radius 2 is 1.82 bits per heavy atom. The minimum absolute atomic E-state index is 0. The molecule has 0 spiro atoms. The zero-order chi connectivity index (χ0) is 23.3. The van der Waals surface area contributed by atoms with Crippen LogP contribution in [0, 0.1) is 0 Å². The van der Waals surface area contributed by atoms with Gasteiger partial charge in [-0.2, -0.15) is 4.98 Å². The van der Waals surface area contributed by atoms with Crippen molar-refractivity contribution >= 4 is 40.6 Å². The number of carbonyl (C=O) groups is 3. The van der Waals surface area contributed by atoms with E-state index in [4.69, 9.17) is 15.9 Å². The second kappa shape index (κ2) is 11.0. The predicted molar refractivity (Wildman–Crippen MR) is 112 cm³/mol. The number of benzene rings is 1.